The van der Waals surface area contributed by atoms with E-state index in [0.29, 0.717) is 5.41 Å². The molecule has 3 heteroatoms. The second kappa shape index (κ2) is 5.62. The Hall–Kier alpha value is -0.540. The zero-order valence-electron chi connectivity index (χ0n) is 11.5. The van der Waals surface area contributed by atoms with Gasteiger partial charge in [0.05, 0.1) is 5.69 Å². The van der Waals surface area contributed by atoms with E-state index in [4.69, 9.17) is 0 Å². The molecule has 1 N–H and O–H groups in total. The monoisotopic (exact) mass is 310 g/mol. The van der Waals surface area contributed by atoms with Crippen LogP contribution in [-0.4, -0.2) is 26.7 Å². The first-order valence-corrected chi connectivity index (χ1v) is 7.48. The molecule has 0 saturated carbocycles. The lowest BCUT2D eigenvalue weighted by Gasteiger charge is -2.45. The van der Waals surface area contributed by atoms with Crippen LogP contribution in [0.1, 0.15) is 20.3 Å². The summed E-state index contributed by atoms with van der Waals surface area (Å²) in [6, 6.07) is 8.53. The molecule has 1 atom stereocenters. The maximum Gasteiger partial charge on any atom is 0.0510 e. The van der Waals surface area contributed by atoms with Gasteiger partial charge < -0.3 is 10.2 Å². The van der Waals surface area contributed by atoms with Crippen molar-refractivity contribution in [2.45, 2.75) is 20.3 Å². The highest BCUT2D eigenvalue weighted by atomic mass is 79.9. The summed E-state index contributed by atoms with van der Waals surface area (Å²) in [6.07, 6.45) is 1.26. The predicted molar refractivity (Wildman–Crippen MR) is 82.2 cm³/mol. The third-order valence-electron chi connectivity index (χ3n) is 4.09. The molecule has 0 bridgehead atoms. The van der Waals surface area contributed by atoms with E-state index in [1.165, 1.54) is 16.6 Å². The number of rotatable bonds is 3. The van der Waals surface area contributed by atoms with Crippen molar-refractivity contribution < 1.29 is 0 Å². The Morgan fingerprint density at radius 3 is 2.72 bits per heavy atom. The molecule has 2 nitrogen and oxygen atoms in total. The Morgan fingerprint density at radius 2 is 2.11 bits per heavy atom. The second-order valence-corrected chi connectivity index (χ2v) is 6.76. The van der Waals surface area contributed by atoms with Gasteiger partial charge in [0.25, 0.3) is 0 Å². The van der Waals surface area contributed by atoms with Crippen LogP contribution in [0.15, 0.2) is 28.7 Å². The molecule has 1 saturated heterocycles. The first-order valence-electron chi connectivity index (χ1n) is 6.68. The number of anilines is 1. The Bertz CT molecular complexity index is 403. The molecule has 0 spiro atoms. The van der Waals surface area contributed by atoms with E-state index in [9.17, 15) is 0 Å². The van der Waals surface area contributed by atoms with Crippen molar-refractivity contribution in [2.24, 2.45) is 11.3 Å². The summed E-state index contributed by atoms with van der Waals surface area (Å²) < 4.78 is 1.20. The van der Waals surface area contributed by atoms with Gasteiger partial charge in [0.1, 0.15) is 0 Å². The third kappa shape index (κ3) is 2.89. The topological polar surface area (TPSA) is 15.3 Å². The fourth-order valence-electron chi connectivity index (χ4n) is 2.94. The van der Waals surface area contributed by atoms with Crippen LogP contribution < -0.4 is 10.2 Å². The van der Waals surface area contributed by atoms with Gasteiger partial charge in [-0.15, -0.1) is 0 Å². The molecule has 1 aromatic carbocycles. The van der Waals surface area contributed by atoms with Gasteiger partial charge in [-0.1, -0.05) is 26.0 Å². The largest absolute Gasteiger partial charge is 0.370 e. The number of piperidine rings is 1. The summed E-state index contributed by atoms with van der Waals surface area (Å²) >= 11 is 3.66. The maximum atomic E-state index is 3.66. The lowest BCUT2D eigenvalue weighted by molar-refractivity contribution is 0.174. The third-order valence-corrected chi connectivity index (χ3v) is 4.77. The highest BCUT2D eigenvalue weighted by Crippen LogP contribution is 2.38. The van der Waals surface area contributed by atoms with Gasteiger partial charge in [-0.3, -0.25) is 0 Å². The van der Waals surface area contributed by atoms with Crippen LogP contribution in [0.4, 0.5) is 5.69 Å². The van der Waals surface area contributed by atoms with Gasteiger partial charge in [0.2, 0.25) is 0 Å². The summed E-state index contributed by atoms with van der Waals surface area (Å²) in [4.78, 5) is 2.51. The van der Waals surface area contributed by atoms with Crippen LogP contribution in [0.25, 0.3) is 0 Å². The highest BCUT2D eigenvalue weighted by molar-refractivity contribution is 9.10. The molecule has 100 valence electrons. The Morgan fingerprint density at radius 1 is 1.39 bits per heavy atom. The summed E-state index contributed by atoms with van der Waals surface area (Å²) in [7, 11) is 2.05. The Labute approximate surface area is 119 Å². The van der Waals surface area contributed by atoms with Crippen molar-refractivity contribution in [3.63, 3.8) is 0 Å². The number of hydrogen-bond acceptors (Lipinski definition) is 2. The summed E-state index contributed by atoms with van der Waals surface area (Å²) in [5.74, 6) is 0.765. The SMILES string of the molecule is CNCC1CCN(c2ccccc2Br)CC1(C)C. The summed E-state index contributed by atoms with van der Waals surface area (Å²) in [6.45, 7) is 8.17. The Balaban J connectivity index is 2.14. The van der Waals surface area contributed by atoms with Crippen LogP contribution in [0.3, 0.4) is 0 Å². The first-order chi connectivity index (χ1) is 8.54. The van der Waals surface area contributed by atoms with Crippen LogP contribution in [0.5, 0.6) is 0 Å². The van der Waals surface area contributed by atoms with Crippen molar-refractivity contribution in [3.8, 4) is 0 Å². The molecule has 18 heavy (non-hydrogen) atoms. The summed E-state index contributed by atoms with van der Waals surface area (Å²) in [5.41, 5.74) is 1.68. The molecule has 1 heterocycles. The quantitative estimate of drug-likeness (QED) is 0.919. The van der Waals surface area contributed by atoms with Crippen molar-refractivity contribution in [1.82, 2.24) is 5.32 Å². The normalized spacial score (nSPS) is 23.1. The molecular formula is C15H23BrN2. The van der Waals surface area contributed by atoms with E-state index in [1.54, 1.807) is 0 Å². The number of para-hydroxylation sites is 1. The Kier molecular flexibility index (Phi) is 4.33. The van der Waals surface area contributed by atoms with E-state index in [0.717, 1.165) is 25.6 Å². The molecule has 2 rings (SSSR count). The number of nitrogens with one attached hydrogen (secondary N) is 1. The fraction of sp³-hybridized carbons (Fsp3) is 0.600. The van der Waals surface area contributed by atoms with Gasteiger partial charge in [-0.25, -0.2) is 0 Å². The van der Waals surface area contributed by atoms with E-state index in [-0.39, 0.29) is 0 Å². The molecule has 1 aliphatic rings. The first kappa shape index (κ1) is 13.9. The van der Waals surface area contributed by atoms with Gasteiger partial charge in [0, 0.05) is 17.6 Å². The molecule has 1 aromatic rings. The minimum Gasteiger partial charge on any atom is -0.370 e. The smallest absolute Gasteiger partial charge is 0.0510 e. The number of hydrogen-bond donors (Lipinski definition) is 1. The molecule has 0 aliphatic carbocycles. The second-order valence-electron chi connectivity index (χ2n) is 5.90. The standard InChI is InChI=1S/C15H23BrN2/c1-15(2)11-18(9-8-12(15)10-17-3)14-7-5-4-6-13(14)16/h4-7,12,17H,8-11H2,1-3H3. The summed E-state index contributed by atoms with van der Waals surface area (Å²) in [5, 5.41) is 3.33. The zero-order valence-corrected chi connectivity index (χ0v) is 13.1. The lowest BCUT2D eigenvalue weighted by atomic mass is 9.73. The van der Waals surface area contributed by atoms with E-state index >= 15 is 0 Å². The van der Waals surface area contributed by atoms with Gasteiger partial charge >= 0.3 is 0 Å². The van der Waals surface area contributed by atoms with Crippen molar-refractivity contribution >= 4 is 21.6 Å². The number of benzene rings is 1. The molecule has 0 radical (unpaired) electrons. The molecule has 1 unspecified atom stereocenters. The minimum absolute atomic E-state index is 0.358. The fourth-order valence-corrected chi connectivity index (χ4v) is 3.48. The van der Waals surface area contributed by atoms with E-state index < -0.39 is 0 Å². The van der Waals surface area contributed by atoms with Gasteiger partial charge in [0.15, 0.2) is 0 Å². The van der Waals surface area contributed by atoms with Crippen LogP contribution in [-0.2, 0) is 0 Å². The highest BCUT2D eigenvalue weighted by Gasteiger charge is 2.35. The number of halogens is 1. The number of nitrogens with zero attached hydrogens (tertiary/aromatic N) is 1. The molecular weight excluding hydrogens is 288 g/mol. The van der Waals surface area contributed by atoms with E-state index in [2.05, 4.69) is 71.3 Å². The van der Waals surface area contributed by atoms with Crippen molar-refractivity contribution in [3.05, 3.63) is 28.7 Å². The van der Waals surface area contributed by atoms with Gasteiger partial charge in [-0.2, -0.15) is 0 Å². The van der Waals surface area contributed by atoms with Crippen LogP contribution in [0.2, 0.25) is 0 Å². The maximum absolute atomic E-state index is 3.66. The minimum atomic E-state index is 0.358. The van der Waals surface area contributed by atoms with Crippen molar-refractivity contribution in [1.29, 1.82) is 0 Å². The zero-order chi connectivity index (χ0) is 13.2. The predicted octanol–water partition coefficient (Wildman–Crippen LogP) is 3.52. The molecule has 0 aromatic heterocycles. The lowest BCUT2D eigenvalue weighted by Crippen LogP contribution is -2.48. The van der Waals surface area contributed by atoms with Gasteiger partial charge in [-0.05, 0) is 59.4 Å². The van der Waals surface area contributed by atoms with Crippen LogP contribution >= 0.6 is 15.9 Å². The average molecular weight is 311 g/mol. The van der Waals surface area contributed by atoms with E-state index in [1.807, 2.05) is 0 Å². The average Bonchev–Trinajstić information content (AvgIpc) is 2.32. The van der Waals surface area contributed by atoms with Crippen LogP contribution in [0, 0.1) is 11.3 Å². The van der Waals surface area contributed by atoms with Crippen molar-refractivity contribution in [2.75, 3.05) is 31.6 Å². The molecule has 1 fully saturated rings. The molecule has 1 aliphatic heterocycles. The molecule has 0 amide bonds.